The third-order valence-corrected chi connectivity index (χ3v) is 2.63. The van der Waals surface area contributed by atoms with Crippen molar-refractivity contribution in [1.29, 1.82) is 5.26 Å². The van der Waals surface area contributed by atoms with Gasteiger partial charge in [0.15, 0.2) is 12.4 Å². The Bertz CT molecular complexity index is 589. The van der Waals surface area contributed by atoms with E-state index in [1.807, 2.05) is 30.3 Å². The first-order valence-corrected chi connectivity index (χ1v) is 6.36. The van der Waals surface area contributed by atoms with Crippen molar-refractivity contribution < 1.29 is 9.26 Å². The third kappa shape index (κ3) is 4.37. The van der Waals surface area contributed by atoms with Crippen LogP contribution >= 0.6 is 0 Å². The molecule has 0 radical (unpaired) electrons. The summed E-state index contributed by atoms with van der Waals surface area (Å²) in [6.07, 6.45) is 0.724. The van der Waals surface area contributed by atoms with Gasteiger partial charge in [0.1, 0.15) is 11.8 Å². The minimum absolute atomic E-state index is 0.0636. The smallest absolute Gasteiger partial charge is 0.223 e. The molecule has 6 nitrogen and oxygen atoms in total. The molecule has 2 aromatic rings. The van der Waals surface area contributed by atoms with E-state index in [-0.39, 0.29) is 6.61 Å². The lowest BCUT2D eigenvalue weighted by Gasteiger charge is -2.06. The molecule has 1 N–H and O–H groups in total. The molecule has 0 saturated carbocycles. The van der Waals surface area contributed by atoms with Crippen LogP contribution in [0.5, 0.6) is 5.75 Å². The summed E-state index contributed by atoms with van der Waals surface area (Å²) in [6.45, 7) is 3.33. The third-order valence-electron chi connectivity index (χ3n) is 2.63. The highest BCUT2D eigenvalue weighted by molar-refractivity contribution is 5.28. The number of aromatic nitrogens is 2. The zero-order valence-corrected chi connectivity index (χ0v) is 11.3. The number of benzene rings is 1. The van der Waals surface area contributed by atoms with Crippen molar-refractivity contribution in [2.45, 2.75) is 19.9 Å². The Kier molecular flexibility index (Phi) is 5.09. The molecule has 0 aliphatic heterocycles. The van der Waals surface area contributed by atoms with Gasteiger partial charge in [0.25, 0.3) is 0 Å². The fourth-order valence-corrected chi connectivity index (χ4v) is 1.74. The van der Waals surface area contributed by atoms with Gasteiger partial charge in [-0.1, -0.05) is 17.3 Å². The molecule has 20 heavy (non-hydrogen) atoms. The molecule has 1 heterocycles. The van der Waals surface area contributed by atoms with Gasteiger partial charge in [-0.2, -0.15) is 10.2 Å². The van der Waals surface area contributed by atoms with Gasteiger partial charge in [-0.15, -0.1) is 0 Å². The van der Waals surface area contributed by atoms with Crippen molar-refractivity contribution in [2.75, 3.05) is 13.2 Å². The minimum Gasteiger partial charge on any atom is -0.479 e. The summed E-state index contributed by atoms with van der Waals surface area (Å²) in [5, 5.41) is 15.6. The van der Waals surface area contributed by atoms with Gasteiger partial charge in [0, 0.05) is 26.4 Å². The second kappa shape index (κ2) is 7.26. The summed E-state index contributed by atoms with van der Waals surface area (Å²) >= 11 is 0. The van der Waals surface area contributed by atoms with Crippen molar-refractivity contribution >= 4 is 0 Å². The molecule has 0 aliphatic rings. The number of hydrogen-bond donors (Lipinski definition) is 1. The van der Waals surface area contributed by atoms with Crippen LogP contribution in [-0.2, 0) is 13.0 Å². The Morgan fingerprint density at radius 1 is 1.45 bits per heavy atom. The van der Waals surface area contributed by atoms with Gasteiger partial charge in [-0.3, -0.25) is 0 Å². The molecule has 1 aromatic heterocycles. The zero-order valence-electron chi connectivity index (χ0n) is 11.3. The lowest BCUT2D eigenvalue weighted by Crippen LogP contribution is -2.17. The topological polar surface area (TPSA) is 84.0 Å². The van der Waals surface area contributed by atoms with Crippen molar-refractivity contribution in [3.05, 3.63) is 41.5 Å². The first kappa shape index (κ1) is 14.0. The lowest BCUT2D eigenvalue weighted by molar-refractivity contribution is 0.367. The van der Waals surface area contributed by atoms with Crippen LogP contribution in [-0.4, -0.2) is 23.3 Å². The number of aryl methyl sites for hydroxylation is 1. The van der Waals surface area contributed by atoms with E-state index in [4.69, 9.17) is 14.5 Å². The van der Waals surface area contributed by atoms with Crippen LogP contribution in [0.25, 0.3) is 0 Å². The molecule has 104 valence electrons. The summed E-state index contributed by atoms with van der Waals surface area (Å²) in [7, 11) is 0. The van der Waals surface area contributed by atoms with Crippen LogP contribution in [0.1, 0.15) is 17.3 Å². The Morgan fingerprint density at radius 2 is 2.35 bits per heavy atom. The van der Waals surface area contributed by atoms with Crippen LogP contribution in [0, 0.1) is 18.3 Å². The normalized spacial score (nSPS) is 10.2. The molecular weight excluding hydrogens is 256 g/mol. The number of nitrogens with zero attached hydrogens (tertiary/aromatic N) is 3. The van der Waals surface area contributed by atoms with Crippen LogP contribution in [0.3, 0.4) is 0 Å². The quantitative estimate of drug-likeness (QED) is 0.771. The van der Waals surface area contributed by atoms with E-state index in [1.54, 1.807) is 6.92 Å². The molecule has 0 atom stereocenters. The summed E-state index contributed by atoms with van der Waals surface area (Å²) in [5.41, 5.74) is 1.10. The van der Waals surface area contributed by atoms with Gasteiger partial charge < -0.3 is 14.6 Å². The fraction of sp³-hybridized carbons (Fsp3) is 0.357. The van der Waals surface area contributed by atoms with E-state index in [9.17, 15) is 0 Å². The predicted molar refractivity (Wildman–Crippen MR) is 72.0 cm³/mol. The van der Waals surface area contributed by atoms with Crippen LogP contribution < -0.4 is 10.1 Å². The van der Waals surface area contributed by atoms with E-state index in [1.165, 1.54) is 0 Å². The highest BCUT2D eigenvalue weighted by atomic mass is 16.5. The SMILES string of the molecule is Cc1nc(CCNCc2cccc(OCC#N)c2)no1. The predicted octanol–water partition coefficient (Wildman–Crippen LogP) is 1.61. The second-order valence-electron chi connectivity index (χ2n) is 4.25. The number of rotatable bonds is 7. The highest BCUT2D eigenvalue weighted by Gasteiger charge is 2.01. The largest absolute Gasteiger partial charge is 0.479 e. The Balaban J connectivity index is 1.75. The van der Waals surface area contributed by atoms with Gasteiger partial charge in [0.05, 0.1) is 0 Å². The van der Waals surface area contributed by atoms with Gasteiger partial charge in [0.2, 0.25) is 5.89 Å². The summed E-state index contributed by atoms with van der Waals surface area (Å²) in [6, 6.07) is 9.62. The maximum Gasteiger partial charge on any atom is 0.223 e. The molecule has 0 unspecified atom stereocenters. The van der Waals surface area contributed by atoms with E-state index in [0.29, 0.717) is 17.5 Å². The fourth-order valence-electron chi connectivity index (χ4n) is 1.74. The minimum atomic E-state index is 0.0636. The highest BCUT2D eigenvalue weighted by Crippen LogP contribution is 2.12. The molecule has 0 amide bonds. The van der Waals surface area contributed by atoms with E-state index in [2.05, 4.69) is 15.5 Å². The van der Waals surface area contributed by atoms with Crippen LogP contribution in [0.4, 0.5) is 0 Å². The Hall–Kier alpha value is -2.39. The standard InChI is InChI=1S/C14H16N4O2/c1-11-17-14(18-20-11)5-7-16-10-12-3-2-4-13(9-12)19-8-6-15/h2-4,9,16H,5,7-8,10H2,1H3. The van der Waals surface area contributed by atoms with Crippen LogP contribution in [0.2, 0.25) is 0 Å². The lowest BCUT2D eigenvalue weighted by atomic mass is 10.2. The molecule has 0 fully saturated rings. The molecule has 0 aliphatic carbocycles. The van der Waals surface area contributed by atoms with Crippen LogP contribution in [0.15, 0.2) is 28.8 Å². The van der Waals surface area contributed by atoms with Gasteiger partial charge >= 0.3 is 0 Å². The van der Waals surface area contributed by atoms with Gasteiger partial charge in [-0.25, -0.2) is 0 Å². The summed E-state index contributed by atoms with van der Waals surface area (Å²) < 4.78 is 10.2. The average molecular weight is 272 g/mol. The number of nitrogens with one attached hydrogen (secondary N) is 1. The first-order chi connectivity index (χ1) is 9.78. The van der Waals surface area contributed by atoms with E-state index >= 15 is 0 Å². The Labute approximate surface area is 117 Å². The molecule has 0 bridgehead atoms. The summed E-state index contributed by atoms with van der Waals surface area (Å²) in [4.78, 5) is 4.13. The molecule has 0 spiro atoms. The maximum atomic E-state index is 8.47. The average Bonchev–Trinajstić information content (AvgIpc) is 2.87. The van der Waals surface area contributed by atoms with E-state index < -0.39 is 0 Å². The molecule has 6 heteroatoms. The Morgan fingerprint density at radius 3 is 3.10 bits per heavy atom. The number of hydrogen-bond acceptors (Lipinski definition) is 6. The monoisotopic (exact) mass is 272 g/mol. The number of ether oxygens (including phenoxy) is 1. The zero-order chi connectivity index (χ0) is 14.2. The van der Waals surface area contributed by atoms with Crippen molar-refractivity contribution in [1.82, 2.24) is 15.5 Å². The molecular formula is C14H16N4O2. The number of nitriles is 1. The van der Waals surface area contributed by atoms with E-state index in [0.717, 1.165) is 25.1 Å². The molecule has 0 saturated heterocycles. The van der Waals surface area contributed by atoms with Gasteiger partial charge in [-0.05, 0) is 17.7 Å². The first-order valence-electron chi connectivity index (χ1n) is 6.36. The molecule has 2 rings (SSSR count). The van der Waals surface area contributed by atoms with Crippen molar-refractivity contribution in [3.8, 4) is 11.8 Å². The summed E-state index contributed by atoms with van der Waals surface area (Å²) in [5.74, 6) is 2.00. The van der Waals surface area contributed by atoms with Crippen molar-refractivity contribution in [3.63, 3.8) is 0 Å². The van der Waals surface area contributed by atoms with Crippen molar-refractivity contribution in [2.24, 2.45) is 0 Å². The maximum absolute atomic E-state index is 8.47. The molecule has 1 aromatic carbocycles. The second-order valence-corrected chi connectivity index (χ2v) is 4.25.